The lowest BCUT2D eigenvalue weighted by atomic mass is 9.98. The summed E-state index contributed by atoms with van der Waals surface area (Å²) in [6.45, 7) is 6.78. The number of rotatable bonds is 19. The molecule has 1 heteroatoms. The van der Waals surface area contributed by atoms with Crippen LogP contribution in [0.15, 0.2) is 24.3 Å². The van der Waals surface area contributed by atoms with Gasteiger partial charge >= 0.3 is 0 Å². The van der Waals surface area contributed by atoms with Crippen LogP contribution in [0.2, 0.25) is 0 Å². The molecule has 2 rings (SSSR count). The van der Waals surface area contributed by atoms with Crippen molar-refractivity contribution in [3.05, 3.63) is 41.1 Å². The van der Waals surface area contributed by atoms with Gasteiger partial charge in [0.05, 0.1) is 5.52 Å². The summed E-state index contributed by atoms with van der Waals surface area (Å²) in [5.41, 5.74) is 5.42. The highest BCUT2D eigenvalue weighted by Crippen LogP contribution is 2.22. The SMILES string of the molecule is CCCCCCCCCCCc1nc2ccc(C)cc2cc1CCCCCCCCCC. The molecular formula is C31H51N. The summed E-state index contributed by atoms with van der Waals surface area (Å²) >= 11 is 0. The van der Waals surface area contributed by atoms with E-state index in [1.54, 1.807) is 0 Å². The molecule has 0 amide bonds. The molecular weight excluding hydrogens is 386 g/mol. The Labute approximate surface area is 199 Å². The molecule has 0 aliphatic carbocycles. The number of aryl methyl sites for hydroxylation is 3. The van der Waals surface area contributed by atoms with Crippen LogP contribution in [0.4, 0.5) is 0 Å². The number of hydrogen-bond acceptors (Lipinski definition) is 1. The molecule has 0 saturated heterocycles. The van der Waals surface area contributed by atoms with E-state index >= 15 is 0 Å². The van der Waals surface area contributed by atoms with Crippen molar-refractivity contribution in [1.29, 1.82) is 0 Å². The molecule has 0 radical (unpaired) electrons. The van der Waals surface area contributed by atoms with Crippen molar-refractivity contribution in [2.45, 2.75) is 143 Å². The molecule has 2 aromatic rings. The van der Waals surface area contributed by atoms with E-state index in [9.17, 15) is 0 Å². The fraction of sp³-hybridized carbons (Fsp3) is 0.710. The van der Waals surface area contributed by atoms with Crippen LogP contribution < -0.4 is 0 Å². The third kappa shape index (κ3) is 11.0. The summed E-state index contributed by atoms with van der Waals surface area (Å²) in [5, 5.41) is 1.33. The standard InChI is InChI=1S/C31H51N/c1-4-6-8-10-12-14-16-18-20-22-30-28(21-19-17-15-13-11-9-7-5-2)26-29-25-27(3)23-24-31(29)32-30/h23-26H,4-22H2,1-3H3. The summed E-state index contributed by atoms with van der Waals surface area (Å²) in [6.07, 6.45) is 26.0. The molecule has 0 fully saturated rings. The van der Waals surface area contributed by atoms with Crippen LogP contribution in [0.1, 0.15) is 140 Å². The molecule has 32 heavy (non-hydrogen) atoms. The molecule has 1 aromatic heterocycles. The smallest absolute Gasteiger partial charge is 0.0705 e. The molecule has 0 aliphatic rings. The predicted molar refractivity (Wildman–Crippen MR) is 144 cm³/mol. The first-order valence-electron chi connectivity index (χ1n) is 14.1. The molecule has 0 atom stereocenters. The Morgan fingerprint density at radius 2 is 1.06 bits per heavy atom. The highest BCUT2D eigenvalue weighted by Gasteiger charge is 2.08. The highest BCUT2D eigenvalue weighted by molar-refractivity contribution is 5.80. The van der Waals surface area contributed by atoms with Gasteiger partial charge in [-0.3, -0.25) is 4.98 Å². The number of pyridine rings is 1. The molecule has 0 unspecified atom stereocenters. The third-order valence-electron chi connectivity index (χ3n) is 6.96. The highest BCUT2D eigenvalue weighted by atomic mass is 14.7. The number of nitrogens with zero attached hydrogens (tertiary/aromatic N) is 1. The molecule has 0 saturated carbocycles. The van der Waals surface area contributed by atoms with E-state index < -0.39 is 0 Å². The first kappa shape index (κ1) is 26.9. The second-order valence-electron chi connectivity index (χ2n) is 10.1. The zero-order chi connectivity index (χ0) is 22.9. The van der Waals surface area contributed by atoms with E-state index in [2.05, 4.69) is 45.0 Å². The average molecular weight is 438 g/mol. The normalized spacial score (nSPS) is 11.5. The van der Waals surface area contributed by atoms with Crippen LogP contribution in [-0.4, -0.2) is 4.98 Å². The summed E-state index contributed by atoms with van der Waals surface area (Å²) < 4.78 is 0. The van der Waals surface area contributed by atoms with Gasteiger partial charge in [-0.1, -0.05) is 122 Å². The number of fused-ring (bicyclic) bond motifs is 1. The second kappa shape index (κ2) is 17.2. The lowest BCUT2D eigenvalue weighted by molar-refractivity contribution is 0.562. The Hall–Kier alpha value is -1.37. The van der Waals surface area contributed by atoms with E-state index in [0.29, 0.717) is 0 Å². The molecule has 1 heterocycles. The maximum Gasteiger partial charge on any atom is 0.0705 e. The number of aromatic nitrogens is 1. The van der Waals surface area contributed by atoms with Crippen LogP contribution in [-0.2, 0) is 12.8 Å². The van der Waals surface area contributed by atoms with Gasteiger partial charge in [0.25, 0.3) is 0 Å². The summed E-state index contributed by atoms with van der Waals surface area (Å²) in [7, 11) is 0. The molecule has 0 N–H and O–H groups in total. The lowest BCUT2D eigenvalue weighted by Gasteiger charge is -2.12. The molecule has 0 aliphatic heterocycles. The van der Waals surface area contributed by atoms with Crippen molar-refractivity contribution in [2.75, 3.05) is 0 Å². The summed E-state index contributed by atoms with van der Waals surface area (Å²) in [4.78, 5) is 5.13. The van der Waals surface area contributed by atoms with Crippen LogP contribution in [0.5, 0.6) is 0 Å². The van der Waals surface area contributed by atoms with E-state index in [1.807, 2.05) is 0 Å². The zero-order valence-electron chi connectivity index (χ0n) is 21.7. The molecule has 0 bridgehead atoms. The topological polar surface area (TPSA) is 12.9 Å². The Morgan fingerprint density at radius 1 is 0.562 bits per heavy atom. The zero-order valence-corrected chi connectivity index (χ0v) is 21.7. The van der Waals surface area contributed by atoms with Crippen molar-refractivity contribution in [2.24, 2.45) is 0 Å². The third-order valence-corrected chi connectivity index (χ3v) is 6.96. The van der Waals surface area contributed by atoms with Crippen LogP contribution in [0.3, 0.4) is 0 Å². The fourth-order valence-electron chi connectivity index (χ4n) is 4.86. The van der Waals surface area contributed by atoms with Gasteiger partial charge in [-0.25, -0.2) is 0 Å². The fourth-order valence-corrected chi connectivity index (χ4v) is 4.86. The van der Waals surface area contributed by atoms with Gasteiger partial charge in [0.2, 0.25) is 0 Å². The van der Waals surface area contributed by atoms with Crippen LogP contribution in [0, 0.1) is 6.92 Å². The second-order valence-corrected chi connectivity index (χ2v) is 10.1. The summed E-state index contributed by atoms with van der Waals surface area (Å²) in [5.74, 6) is 0. The Kier molecular flexibility index (Phi) is 14.4. The van der Waals surface area contributed by atoms with Crippen molar-refractivity contribution in [3.8, 4) is 0 Å². The minimum atomic E-state index is 1.16. The maximum atomic E-state index is 5.13. The molecule has 180 valence electrons. The molecule has 0 spiro atoms. The van der Waals surface area contributed by atoms with E-state index in [1.165, 1.54) is 143 Å². The average Bonchev–Trinajstić information content (AvgIpc) is 2.79. The number of unbranched alkanes of at least 4 members (excludes halogenated alkanes) is 15. The largest absolute Gasteiger partial charge is 0.253 e. The van der Waals surface area contributed by atoms with Crippen LogP contribution >= 0.6 is 0 Å². The number of benzene rings is 1. The van der Waals surface area contributed by atoms with E-state index in [0.717, 1.165) is 6.42 Å². The summed E-state index contributed by atoms with van der Waals surface area (Å²) in [6, 6.07) is 9.18. The van der Waals surface area contributed by atoms with Gasteiger partial charge in [-0.05, 0) is 56.4 Å². The molecule has 1 aromatic carbocycles. The number of hydrogen-bond donors (Lipinski definition) is 0. The Balaban J connectivity index is 1.80. The van der Waals surface area contributed by atoms with Crippen molar-refractivity contribution < 1.29 is 0 Å². The first-order valence-corrected chi connectivity index (χ1v) is 14.1. The van der Waals surface area contributed by atoms with Gasteiger partial charge in [0.1, 0.15) is 0 Å². The van der Waals surface area contributed by atoms with Gasteiger partial charge in [0.15, 0.2) is 0 Å². The quantitative estimate of drug-likeness (QED) is 0.199. The first-order chi connectivity index (χ1) is 15.7. The van der Waals surface area contributed by atoms with Gasteiger partial charge in [-0.2, -0.15) is 0 Å². The predicted octanol–water partition coefficient (Wildman–Crippen LogP) is 10.3. The monoisotopic (exact) mass is 437 g/mol. The lowest BCUT2D eigenvalue weighted by Crippen LogP contribution is -2.00. The van der Waals surface area contributed by atoms with Gasteiger partial charge < -0.3 is 0 Å². The van der Waals surface area contributed by atoms with Crippen molar-refractivity contribution >= 4 is 10.9 Å². The van der Waals surface area contributed by atoms with Crippen molar-refractivity contribution in [1.82, 2.24) is 4.98 Å². The van der Waals surface area contributed by atoms with Gasteiger partial charge in [0, 0.05) is 11.1 Å². The van der Waals surface area contributed by atoms with Crippen LogP contribution in [0.25, 0.3) is 10.9 Å². The van der Waals surface area contributed by atoms with Crippen molar-refractivity contribution in [3.63, 3.8) is 0 Å². The van der Waals surface area contributed by atoms with E-state index in [-0.39, 0.29) is 0 Å². The minimum absolute atomic E-state index is 1.16. The van der Waals surface area contributed by atoms with E-state index in [4.69, 9.17) is 4.98 Å². The molecule has 1 nitrogen and oxygen atoms in total. The van der Waals surface area contributed by atoms with Gasteiger partial charge in [-0.15, -0.1) is 0 Å². The Bertz CT molecular complexity index is 733. The minimum Gasteiger partial charge on any atom is -0.253 e. The maximum absolute atomic E-state index is 5.13. The Morgan fingerprint density at radius 3 is 1.62 bits per heavy atom.